The quantitative estimate of drug-likeness (QED) is 0.354. The number of aromatic amines is 1. The van der Waals surface area contributed by atoms with Gasteiger partial charge in [0.1, 0.15) is 5.82 Å². The minimum Gasteiger partial charge on any atom is -0.368 e. The lowest BCUT2D eigenvalue weighted by Crippen LogP contribution is -2.26. The molecule has 160 valence electrons. The van der Waals surface area contributed by atoms with Gasteiger partial charge in [0.2, 0.25) is 0 Å². The molecular formula is C24H23N7O. The van der Waals surface area contributed by atoms with Crippen molar-refractivity contribution in [3.05, 3.63) is 89.9 Å². The summed E-state index contributed by atoms with van der Waals surface area (Å²) in [6.45, 7) is 1.21. The Morgan fingerprint density at radius 1 is 0.906 bits per heavy atom. The third kappa shape index (κ3) is 4.15. The second kappa shape index (κ2) is 8.89. The molecule has 1 amide bonds. The molecule has 8 heteroatoms. The number of anilines is 1. The lowest BCUT2D eigenvalue weighted by Gasteiger charge is -2.07. The number of para-hydroxylation sites is 1. The summed E-state index contributed by atoms with van der Waals surface area (Å²) in [5, 5.41) is 20.6. The van der Waals surface area contributed by atoms with E-state index >= 15 is 0 Å². The average molecular weight is 425 g/mol. The lowest BCUT2D eigenvalue weighted by atomic mass is 10.1. The first-order valence-electron chi connectivity index (χ1n) is 10.6. The molecule has 0 spiro atoms. The zero-order valence-electron chi connectivity index (χ0n) is 17.5. The van der Waals surface area contributed by atoms with Gasteiger partial charge in [-0.2, -0.15) is 4.52 Å². The molecule has 3 N–H and O–H groups in total. The van der Waals surface area contributed by atoms with Crippen molar-refractivity contribution in [2.75, 3.05) is 18.4 Å². The molecule has 3 heterocycles. The molecule has 0 aliphatic heterocycles. The Morgan fingerprint density at radius 3 is 2.66 bits per heavy atom. The highest BCUT2D eigenvalue weighted by Gasteiger charge is 2.10. The van der Waals surface area contributed by atoms with Gasteiger partial charge in [0.05, 0.1) is 0 Å². The molecule has 5 rings (SSSR count). The molecule has 0 saturated heterocycles. The molecule has 0 aliphatic carbocycles. The van der Waals surface area contributed by atoms with Gasteiger partial charge >= 0.3 is 0 Å². The van der Waals surface area contributed by atoms with E-state index in [0.717, 1.165) is 24.3 Å². The number of benzene rings is 2. The van der Waals surface area contributed by atoms with E-state index in [1.165, 1.54) is 10.9 Å². The largest absolute Gasteiger partial charge is 0.368 e. The Morgan fingerprint density at radius 2 is 1.75 bits per heavy atom. The van der Waals surface area contributed by atoms with Gasteiger partial charge in [0.15, 0.2) is 11.5 Å². The summed E-state index contributed by atoms with van der Waals surface area (Å²) in [7, 11) is 0. The van der Waals surface area contributed by atoms with Gasteiger partial charge in [-0.1, -0.05) is 36.4 Å². The zero-order chi connectivity index (χ0) is 21.8. The number of aromatic nitrogens is 5. The summed E-state index contributed by atoms with van der Waals surface area (Å²) in [5.41, 5.74) is 3.74. The van der Waals surface area contributed by atoms with Crippen LogP contribution in [-0.2, 0) is 12.8 Å². The number of carbonyl (C=O) groups excluding carboxylic acids is 1. The molecule has 0 saturated carbocycles. The van der Waals surface area contributed by atoms with Crippen molar-refractivity contribution >= 4 is 28.3 Å². The molecule has 0 fully saturated rings. The van der Waals surface area contributed by atoms with Crippen LogP contribution in [0.4, 0.5) is 5.82 Å². The molecule has 0 aliphatic rings. The zero-order valence-corrected chi connectivity index (χ0v) is 17.5. The number of fused-ring (bicyclic) bond motifs is 2. The molecule has 2 aromatic carbocycles. The van der Waals surface area contributed by atoms with Crippen LogP contribution < -0.4 is 10.6 Å². The number of hydrogen-bond acceptors (Lipinski definition) is 5. The summed E-state index contributed by atoms with van der Waals surface area (Å²) in [6.07, 6.45) is 3.47. The van der Waals surface area contributed by atoms with Crippen LogP contribution in [0.25, 0.3) is 16.6 Å². The fourth-order valence-electron chi connectivity index (χ4n) is 3.73. The van der Waals surface area contributed by atoms with Crippen LogP contribution in [0, 0.1) is 0 Å². The SMILES string of the molecule is O=C(NCCc1nnc2ccc(NCCc3c[nH]c4ccccc34)nn12)c1ccccc1. The predicted molar refractivity (Wildman–Crippen MR) is 124 cm³/mol. The van der Waals surface area contributed by atoms with Gasteiger partial charge in [-0.3, -0.25) is 4.79 Å². The first-order chi connectivity index (χ1) is 15.8. The van der Waals surface area contributed by atoms with Gasteiger partial charge in [-0.25, -0.2) is 0 Å². The van der Waals surface area contributed by atoms with Gasteiger partial charge in [-0.15, -0.1) is 15.3 Å². The van der Waals surface area contributed by atoms with Crippen LogP contribution in [0.3, 0.4) is 0 Å². The van der Waals surface area contributed by atoms with Crippen molar-refractivity contribution in [2.45, 2.75) is 12.8 Å². The van der Waals surface area contributed by atoms with Crippen LogP contribution in [0.15, 0.2) is 72.9 Å². The number of nitrogens with zero attached hydrogens (tertiary/aromatic N) is 4. The van der Waals surface area contributed by atoms with Gasteiger partial charge < -0.3 is 15.6 Å². The average Bonchev–Trinajstić information content (AvgIpc) is 3.44. The smallest absolute Gasteiger partial charge is 0.251 e. The number of rotatable bonds is 8. The summed E-state index contributed by atoms with van der Waals surface area (Å²) in [4.78, 5) is 15.5. The van der Waals surface area contributed by atoms with E-state index in [9.17, 15) is 4.79 Å². The number of H-pyrrole nitrogens is 1. The van der Waals surface area contributed by atoms with Crippen molar-refractivity contribution in [2.24, 2.45) is 0 Å². The molecular weight excluding hydrogens is 402 g/mol. The summed E-state index contributed by atoms with van der Waals surface area (Å²) >= 11 is 0. The van der Waals surface area contributed by atoms with Crippen LogP contribution in [0.2, 0.25) is 0 Å². The molecule has 0 radical (unpaired) electrons. The van der Waals surface area contributed by atoms with Crippen molar-refractivity contribution in [3.63, 3.8) is 0 Å². The van der Waals surface area contributed by atoms with Crippen LogP contribution in [0.5, 0.6) is 0 Å². The second-order valence-electron chi connectivity index (χ2n) is 7.51. The summed E-state index contributed by atoms with van der Waals surface area (Å²) in [6, 6.07) is 21.2. The predicted octanol–water partition coefficient (Wildman–Crippen LogP) is 3.23. The van der Waals surface area contributed by atoms with Crippen LogP contribution in [0.1, 0.15) is 21.7 Å². The van der Waals surface area contributed by atoms with Crippen LogP contribution in [-0.4, -0.2) is 43.8 Å². The van der Waals surface area contributed by atoms with E-state index in [2.05, 4.69) is 55.3 Å². The maximum Gasteiger partial charge on any atom is 0.251 e. The Balaban J connectivity index is 1.20. The second-order valence-corrected chi connectivity index (χ2v) is 7.51. The van der Waals surface area contributed by atoms with E-state index in [1.54, 1.807) is 16.6 Å². The molecule has 8 nitrogen and oxygen atoms in total. The maximum absolute atomic E-state index is 12.2. The molecule has 0 atom stereocenters. The van der Waals surface area contributed by atoms with E-state index in [0.29, 0.717) is 30.0 Å². The molecule has 5 aromatic rings. The Labute approximate surface area is 184 Å². The van der Waals surface area contributed by atoms with E-state index in [-0.39, 0.29) is 5.91 Å². The van der Waals surface area contributed by atoms with Gasteiger partial charge in [0, 0.05) is 42.2 Å². The molecule has 0 unspecified atom stereocenters. The fraction of sp³-hybridized carbons (Fsp3) is 0.167. The third-order valence-electron chi connectivity index (χ3n) is 5.37. The molecule has 0 bridgehead atoms. The standard InChI is InChI=1S/C24H23N7O/c32-24(17-6-2-1-3-7-17)26-15-13-23-29-28-22-11-10-21(30-31(22)23)25-14-12-18-16-27-20-9-5-4-8-19(18)20/h1-11,16,27H,12-15H2,(H,25,30)(H,26,32). The minimum atomic E-state index is -0.105. The first kappa shape index (κ1) is 19.7. The summed E-state index contributed by atoms with van der Waals surface area (Å²) in [5.74, 6) is 1.35. The highest BCUT2D eigenvalue weighted by molar-refractivity contribution is 5.94. The van der Waals surface area contributed by atoms with Crippen molar-refractivity contribution in [3.8, 4) is 0 Å². The van der Waals surface area contributed by atoms with E-state index in [1.807, 2.05) is 36.4 Å². The van der Waals surface area contributed by atoms with Crippen molar-refractivity contribution in [1.29, 1.82) is 0 Å². The monoisotopic (exact) mass is 425 g/mol. The highest BCUT2D eigenvalue weighted by atomic mass is 16.1. The Kier molecular flexibility index (Phi) is 5.48. The third-order valence-corrected chi connectivity index (χ3v) is 5.37. The van der Waals surface area contributed by atoms with E-state index in [4.69, 9.17) is 0 Å². The number of carbonyl (C=O) groups is 1. The normalized spacial score (nSPS) is 11.1. The highest BCUT2D eigenvalue weighted by Crippen LogP contribution is 2.18. The lowest BCUT2D eigenvalue weighted by molar-refractivity contribution is 0.0954. The minimum absolute atomic E-state index is 0.105. The first-order valence-corrected chi connectivity index (χ1v) is 10.6. The number of hydrogen-bond donors (Lipinski definition) is 3. The summed E-state index contributed by atoms with van der Waals surface area (Å²) < 4.78 is 1.72. The van der Waals surface area contributed by atoms with Crippen molar-refractivity contribution in [1.82, 2.24) is 30.1 Å². The van der Waals surface area contributed by atoms with E-state index < -0.39 is 0 Å². The number of amides is 1. The Bertz CT molecular complexity index is 1360. The maximum atomic E-state index is 12.2. The topological polar surface area (TPSA) is 100 Å². The van der Waals surface area contributed by atoms with Crippen molar-refractivity contribution < 1.29 is 4.79 Å². The van der Waals surface area contributed by atoms with Gasteiger partial charge in [0.25, 0.3) is 5.91 Å². The van der Waals surface area contributed by atoms with Crippen LogP contribution >= 0.6 is 0 Å². The van der Waals surface area contributed by atoms with Gasteiger partial charge in [-0.05, 0) is 42.3 Å². The fourth-order valence-corrected chi connectivity index (χ4v) is 3.73. The molecule has 32 heavy (non-hydrogen) atoms. The number of nitrogens with one attached hydrogen (secondary N) is 3. The Hall–Kier alpha value is -4.20. The molecule has 3 aromatic heterocycles.